The predicted octanol–water partition coefficient (Wildman–Crippen LogP) is 1.37. The molecule has 2 aromatic rings. The highest BCUT2D eigenvalue weighted by molar-refractivity contribution is 6.23. The number of phenols is 2. The van der Waals surface area contributed by atoms with E-state index in [1.807, 2.05) is 0 Å². The Morgan fingerprint density at radius 2 is 1.20 bits per heavy atom. The van der Waals surface area contributed by atoms with E-state index in [0.29, 0.717) is 46.2 Å². The van der Waals surface area contributed by atoms with Crippen LogP contribution in [-0.2, 0) is 0 Å². The molecule has 0 radical (unpaired) electrons. The van der Waals surface area contributed by atoms with Crippen LogP contribution in [0.3, 0.4) is 0 Å². The molecule has 0 aliphatic heterocycles. The number of hydrogen-bond acceptors (Lipinski definition) is 6. The molecule has 6 heteroatoms. The van der Waals surface area contributed by atoms with Crippen molar-refractivity contribution in [1.29, 1.82) is 0 Å². The van der Waals surface area contributed by atoms with Gasteiger partial charge in [0.05, 0.1) is 22.6 Å². The van der Waals surface area contributed by atoms with Gasteiger partial charge in [-0.15, -0.1) is 0 Å². The van der Waals surface area contributed by atoms with Crippen LogP contribution < -0.4 is 11.7 Å². The monoisotopic (exact) mass is 270 g/mol. The van der Waals surface area contributed by atoms with E-state index < -0.39 is 0 Å². The first kappa shape index (κ1) is 12.3. The van der Waals surface area contributed by atoms with Gasteiger partial charge in [0.25, 0.3) is 0 Å². The molecule has 102 valence electrons. The molecule has 0 saturated heterocycles. The number of nitrogens with two attached hydrogens (primary N) is 2. The maximum atomic E-state index is 10.5. The average Bonchev–Trinajstić information content (AvgIpc) is 2.51. The molecule has 6 nitrogen and oxygen atoms in total. The summed E-state index contributed by atoms with van der Waals surface area (Å²) in [5.74, 6) is 10.9. The van der Waals surface area contributed by atoms with E-state index in [1.165, 1.54) is 0 Å². The molecule has 0 aromatic heterocycles. The number of aromatic hydroxyl groups is 2. The lowest BCUT2D eigenvalue weighted by atomic mass is 9.84. The van der Waals surface area contributed by atoms with E-state index in [9.17, 15) is 10.2 Å². The van der Waals surface area contributed by atoms with Crippen LogP contribution in [-0.4, -0.2) is 21.6 Å². The fraction of sp³-hybridized carbons (Fsp3) is 0.143. The Morgan fingerprint density at radius 1 is 0.800 bits per heavy atom. The molecule has 0 unspecified atom stereocenters. The molecule has 6 N–H and O–H groups in total. The van der Waals surface area contributed by atoms with Crippen LogP contribution in [0.1, 0.15) is 24.0 Å². The van der Waals surface area contributed by atoms with Gasteiger partial charge in [-0.3, -0.25) is 0 Å². The van der Waals surface area contributed by atoms with Gasteiger partial charge in [0.15, 0.2) is 0 Å². The van der Waals surface area contributed by atoms with Crippen LogP contribution in [0.15, 0.2) is 34.5 Å². The second kappa shape index (κ2) is 4.41. The summed E-state index contributed by atoms with van der Waals surface area (Å²) in [5, 5.41) is 29.5. The van der Waals surface area contributed by atoms with Gasteiger partial charge in [-0.2, -0.15) is 10.2 Å². The second-order valence-corrected chi connectivity index (χ2v) is 4.64. The largest absolute Gasteiger partial charge is 0.507 e. The van der Waals surface area contributed by atoms with E-state index in [4.69, 9.17) is 11.7 Å². The number of fused-ring (bicyclic) bond motifs is 2. The Kier molecular flexibility index (Phi) is 2.71. The molecule has 0 saturated carbocycles. The van der Waals surface area contributed by atoms with Crippen LogP contribution in [0.25, 0.3) is 10.8 Å². The standard InChI is InChI=1S/C14H14N4O2/c15-17-9-5-6-10(18-16)12-11(9)13(19)7-3-1-2-4-8(7)14(12)20/h1-4,19-20H,5-6,15-16H2/b17-9-,18-10-. The summed E-state index contributed by atoms with van der Waals surface area (Å²) in [5.41, 5.74) is 1.90. The van der Waals surface area contributed by atoms with Crippen LogP contribution in [0.5, 0.6) is 11.5 Å². The van der Waals surface area contributed by atoms with Crippen molar-refractivity contribution in [2.45, 2.75) is 12.8 Å². The van der Waals surface area contributed by atoms with Gasteiger partial charge in [0.2, 0.25) is 0 Å². The third kappa shape index (κ3) is 1.51. The first-order valence-electron chi connectivity index (χ1n) is 6.20. The van der Waals surface area contributed by atoms with E-state index in [2.05, 4.69) is 10.2 Å². The van der Waals surface area contributed by atoms with Gasteiger partial charge in [-0.05, 0) is 12.8 Å². The smallest absolute Gasteiger partial charge is 0.133 e. The van der Waals surface area contributed by atoms with Crippen molar-refractivity contribution in [2.75, 3.05) is 0 Å². The topological polar surface area (TPSA) is 117 Å². The molecule has 0 heterocycles. The van der Waals surface area contributed by atoms with Crippen molar-refractivity contribution in [3.8, 4) is 11.5 Å². The molecule has 0 spiro atoms. The lowest BCUT2D eigenvalue weighted by molar-refractivity contribution is 0.467. The zero-order valence-electron chi connectivity index (χ0n) is 10.7. The van der Waals surface area contributed by atoms with Gasteiger partial charge in [-0.25, -0.2) is 0 Å². The molecule has 0 amide bonds. The first-order chi connectivity index (χ1) is 9.69. The average molecular weight is 270 g/mol. The number of hydrogen-bond donors (Lipinski definition) is 4. The third-order valence-electron chi connectivity index (χ3n) is 3.65. The number of hydrazone groups is 2. The molecule has 1 aliphatic rings. The van der Waals surface area contributed by atoms with Gasteiger partial charge >= 0.3 is 0 Å². The molecule has 0 bridgehead atoms. The van der Waals surface area contributed by atoms with Crippen LogP contribution in [0, 0.1) is 0 Å². The third-order valence-corrected chi connectivity index (χ3v) is 3.65. The van der Waals surface area contributed by atoms with Crippen molar-refractivity contribution in [3.63, 3.8) is 0 Å². The highest BCUT2D eigenvalue weighted by Gasteiger charge is 2.29. The quantitative estimate of drug-likeness (QED) is 0.328. The van der Waals surface area contributed by atoms with E-state index in [1.54, 1.807) is 24.3 Å². The summed E-state index contributed by atoms with van der Waals surface area (Å²) in [6.45, 7) is 0. The lowest BCUT2D eigenvalue weighted by Crippen LogP contribution is -2.21. The van der Waals surface area contributed by atoms with Crippen molar-refractivity contribution < 1.29 is 10.2 Å². The van der Waals surface area contributed by atoms with E-state index in [-0.39, 0.29) is 11.5 Å². The van der Waals surface area contributed by atoms with Crippen LogP contribution >= 0.6 is 0 Å². The lowest BCUT2D eigenvalue weighted by Gasteiger charge is -2.22. The molecule has 3 rings (SSSR count). The Bertz CT molecular complexity index is 701. The van der Waals surface area contributed by atoms with Gasteiger partial charge in [0, 0.05) is 10.8 Å². The Balaban J connectivity index is 2.52. The number of benzene rings is 2. The fourth-order valence-electron chi connectivity index (χ4n) is 2.71. The molecule has 2 aromatic carbocycles. The molecule has 0 atom stereocenters. The summed E-state index contributed by atoms with van der Waals surface area (Å²) in [6.07, 6.45) is 1.04. The van der Waals surface area contributed by atoms with Crippen molar-refractivity contribution in [1.82, 2.24) is 0 Å². The van der Waals surface area contributed by atoms with Crippen molar-refractivity contribution >= 4 is 22.2 Å². The maximum absolute atomic E-state index is 10.5. The van der Waals surface area contributed by atoms with E-state index in [0.717, 1.165) is 0 Å². The van der Waals surface area contributed by atoms with Crippen molar-refractivity contribution in [2.24, 2.45) is 21.9 Å². The molecule has 20 heavy (non-hydrogen) atoms. The Morgan fingerprint density at radius 3 is 1.55 bits per heavy atom. The molecule has 1 aliphatic carbocycles. The zero-order valence-corrected chi connectivity index (χ0v) is 10.7. The number of rotatable bonds is 0. The molecular formula is C14H14N4O2. The molecular weight excluding hydrogens is 256 g/mol. The minimum absolute atomic E-state index is 0.0402. The minimum Gasteiger partial charge on any atom is -0.507 e. The van der Waals surface area contributed by atoms with E-state index >= 15 is 0 Å². The fourth-order valence-corrected chi connectivity index (χ4v) is 2.71. The maximum Gasteiger partial charge on any atom is 0.133 e. The van der Waals surface area contributed by atoms with Crippen LogP contribution in [0.4, 0.5) is 0 Å². The second-order valence-electron chi connectivity index (χ2n) is 4.64. The Labute approximate surface area is 115 Å². The van der Waals surface area contributed by atoms with Crippen molar-refractivity contribution in [3.05, 3.63) is 35.4 Å². The number of phenolic OH excluding ortho intramolecular Hbond substituents is 2. The molecule has 0 fully saturated rings. The minimum atomic E-state index is 0.0402. The Hall–Kier alpha value is -2.76. The van der Waals surface area contributed by atoms with Gasteiger partial charge in [0.1, 0.15) is 11.5 Å². The van der Waals surface area contributed by atoms with Crippen LogP contribution in [0.2, 0.25) is 0 Å². The highest BCUT2D eigenvalue weighted by atomic mass is 16.3. The SMILES string of the molecule is N/N=C1/CC/C(=N/N)c2c1c(O)c1ccccc1c2O. The normalized spacial score (nSPS) is 18.6. The zero-order chi connectivity index (χ0) is 14.3. The number of nitrogens with zero attached hydrogens (tertiary/aromatic N) is 2. The summed E-state index contributed by atoms with van der Waals surface area (Å²) in [6, 6.07) is 7.03. The van der Waals surface area contributed by atoms with Gasteiger partial charge in [-0.1, -0.05) is 24.3 Å². The summed E-state index contributed by atoms with van der Waals surface area (Å²) in [7, 11) is 0. The first-order valence-corrected chi connectivity index (χ1v) is 6.20. The summed E-state index contributed by atoms with van der Waals surface area (Å²) >= 11 is 0. The summed E-state index contributed by atoms with van der Waals surface area (Å²) in [4.78, 5) is 0. The summed E-state index contributed by atoms with van der Waals surface area (Å²) < 4.78 is 0. The predicted molar refractivity (Wildman–Crippen MR) is 78.0 cm³/mol. The van der Waals surface area contributed by atoms with Gasteiger partial charge < -0.3 is 21.9 Å². The highest BCUT2D eigenvalue weighted by Crippen LogP contribution is 2.42.